The maximum atomic E-state index is 11.4. The summed E-state index contributed by atoms with van der Waals surface area (Å²) in [6.45, 7) is 23.1. The van der Waals surface area contributed by atoms with Gasteiger partial charge in [0.25, 0.3) is 0 Å². The van der Waals surface area contributed by atoms with Crippen LogP contribution < -0.4 is 10.6 Å². The van der Waals surface area contributed by atoms with Crippen molar-refractivity contribution < 1.29 is 99.1 Å². The number of esters is 1. The second-order valence-corrected chi connectivity index (χ2v) is 43.3. The molecule has 0 spiro atoms. The third-order valence-electron chi connectivity index (χ3n) is 25.5. The Morgan fingerprint density at radius 3 is 1.15 bits per heavy atom. The van der Waals surface area contributed by atoms with Gasteiger partial charge in [0, 0.05) is 86.2 Å². The molecule has 8 aromatic carbocycles. The van der Waals surface area contributed by atoms with Gasteiger partial charge in [-0.15, -0.1) is 4.33 Å². The second-order valence-electron chi connectivity index (χ2n) is 36.5. The molecule has 5 aliphatic heterocycles. The van der Waals surface area contributed by atoms with Crippen molar-refractivity contribution in [1.29, 1.82) is 5.26 Å². The predicted octanol–water partition coefficient (Wildman–Crippen LogP) is 22.5. The molecule has 8 aromatic rings. The Balaban J connectivity index is 0. The molecule has 794 valence electrons. The Morgan fingerprint density at radius 1 is 0.521 bits per heavy atom. The molecule has 0 radical (unpaired) electrons. The number of halogens is 3. The first-order chi connectivity index (χ1) is 66.8. The van der Waals surface area contributed by atoms with E-state index in [1.54, 1.807) is 36.8 Å². The molecule has 5 heterocycles. The number of fused-ring (bicyclic) bond motifs is 1. The number of hydrogen-bond acceptors (Lipinski definition) is 21. The van der Waals surface area contributed by atoms with Gasteiger partial charge in [0.05, 0.1) is 57.1 Å². The number of imide groups is 1. The average Bonchev–Trinajstić information content (AvgIpc) is 1.55. The summed E-state index contributed by atoms with van der Waals surface area (Å²) in [5.41, 5.74) is 17.3. The second kappa shape index (κ2) is 72.8. The van der Waals surface area contributed by atoms with Crippen LogP contribution in [0.4, 0.5) is 0 Å². The molecule has 3 aliphatic carbocycles. The van der Waals surface area contributed by atoms with Crippen LogP contribution in [0.15, 0.2) is 204 Å². The van der Waals surface area contributed by atoms with Crippen LogP contribution in [0.5, 0.6) is 0 Å². The third kappa shape index (κ3) is 51.9. The number of nitrogens with zero attached hydrogens (tertiary/aromatic N) is 3. The van der Waals surface area contributed by atoms with E-state index in [4.69, 9.17) is 49.2 Å². The molecular weight excluding hydrogens is 1990 g/mol. The third-order valence-corrected chi connectivity index (χ3v) is 26.7. The summed E-state index contributed by atoms with van der Waals surface area (Å²) < 4.78 is 41.8. The zero-order valence-electron chi connectivity index (χ0n) is 85.5. The van der Waals surface area contributed by atoms with Crippen molar-refractivity contribution in [3.8, 4) is 6.07 Å². The molecule has 5 unspecified atom stereocenters. The number of nitriles is 1. The van der Waals surface area contributed by atoms with Crippen molar-refractivity contribution >= 4 is 128 Å². The largest absolute Gasteiger partial charge is 2.00 e. The molecule has 0 aromatic heterocycles. The van der Waals surface area contributed by atoms with Crippen LogP contribution in [0.1, 0.15) is 296 Å². The number of aliphatic hydroxyl groups excluding tert-OH is 4. The summed E-state index contributed by atoms with van der Waals surface area (Å²) in [6, 6.07) is 66.7. The minimum atomic E-state index is -4.06. The number of aldehydes is 2. The number of benzene rings is 8. The quantitative estimate of drug-likeness (QED) is 0.00364. The smallest absolute Gasteiger partial charge is 1.00 e. The van der Waals surface area contributed by atoms with E-state index in [9.17, 15) is 48.0 Å². The van der Waals surface area contributed by atoms with Crippen molar-refractivity contribution in [2.24, 2.45) is 0 Å². The molecule has 8 aliphatic rings. The van der Waals surface area contributed by atoms with Gasteiger partial charge in [-0.25, -0.2) is 18.5 Å². The van der Waals surface area contributed by atoms with Crippen LogP contribution in [0.25, 0.3) is 6.08 Å². The number of piperidine rings is 4. The molecule has 144 heavy (non-hydrogen) atoms. The number of likely N-dealkylation sites (tertiary alicyclic amines) is 2. The van der Waals surface area contributed by atoms with Crippen molar-refractivity contribution in [3.05, 3.63) is 288 Å². The summed E-state index contributed by atoms with van der Waals surface area (Å²) in [5.74, 6) is -1.05. The molecule has 16 rings (SSSR count). The topological polar surface area (TPSA) is 401 Å². The van der Waals surface area contributed by atoms with Gasteiger partial charge in [-0.3, -0.25) is 43.9 Å². The van der Waals surface area contributed by atoms with Crippen LogP contribution in [0.3, 0.4) is 0 Å². The Labute approximate surface area is 895 Å². The first-order valence-electron chi connectivity index (χ1n) is 48.3. The molecule has 5 saturated heterocycles. The van der Waals surface area contributed by atoms with Crippen molar-refractivity contribution in [1.82, 2.24) is 20.4 Å². The van der Waals surface area contributed by atoms with Crippen LogP contribution in [-0.2, 0) is 56.6 Å². The first-order valence-corrected chi connectivity index (χ1v) is 54.6. The normalized spacial score (nSPS) is 18.9. The molecule has 6 atom stereocenters. The fourth-order valence-electron chi connectivity index (χ4n) is 18.1. The van der Waals surface area contributed by atoms with Crippen molar-refractivity contribution in [2.45, 2.75) is 285 Å². The van der Waals surface area contributed by atoms with Crippen LogP contribution >= 0.6 is 37.3 Å². The number of ether oxygens (including phenoxy) is 2. The number of aliphatic carboxylic acids is 2. The van der Waals surface area contributed by atoms with Gasteiger partial charge in [0.15, 0.2) is 6.29 Å². The summed E-state index contributed by atoms with van der Waals surface area (Å²) in [5, 5.41) is 75.4. The van der Waals surface area contributed by atoms with Crippen LogP contribution in [0, 0.1) is 59.8 Å². The SMILES string of the molecule is C.C.C.C1CCC2OC2C1.CCOC(=O)/C(C#N)=C/c1ccccc1C.CS(C)(=O)(O)OO.Cc1ccccc1C(CC(=O)O)CC(=O)O.Cc1ccccc1C1CC(=O)NC(=O)C1.Cc1ccccc1C1CCN(C2CCCCC2O)CC1.Cc1ccccc1C1CCN(C2CCCC[C@H]2O)CC1.Cc1ccccc1C1CCNCC1.Cc1ccccc1C=O.O=Cc1ccccc1Br.O=S(Cl)Cl.OCCO.[H-].[H-].[Mg+2]. The summed E-state index contributed by atoms with van der Waals surface area (Å²) >= 11 is 3.23. The van der Waals surface area contributed by atoms with Crippen molar-refractivity contribution in [3.63, 3.8) is 0 Å². The molecule has 2 amide bonds. The van der Waals surface area contributed by atoms with Gasteiger partial charge in [-0.1, -0.05) is 265 Å². The van der Waals surface area contributed by atoms with Gasteiger partial charge in [-0.2, -0.15) is 5.26 Å². The Hall–Kier alpha value is -8.43. The van der Waals surface area contributed by atoms with Crippen LogP contribution in [-0.4, -0.2) is 232 Å². The number of rotatable bonds is 18. The molecule has 25 nitrogen and oxygen atoms in total. The Kier molecular flexibility index (Phi) is 67.5. The van der Waals surface area contributed by atoms with Gasteiger partial charge in [0.2, 0.25) is 21.0 Å². The number of aryl methyl sites for hydroxylation is 7. The molecule has 10 N–H and O–H groups in total. The van der Waals surface area contributed by atoms with E-state index in [0.29, 0.717) is 54.5 Å². The van der Waals surface area contributed by atoms with Gasteiger partial charge >= 0.3 is 41.0 Å². The molecule has 0 bridgehead atoms. The summed E-state index contributed by atoms with van der Waals surface area (Å²) in [7, 11) is 3.30. The van der Waals surface area contributed by atoms with Gasteiger partial charge < -0.3 is 52.8 Å². The number of carbonyl (C=O) groups excluding carboxylic acids is 5. The first kappa shape index (κ1) is 134. The summed E-state index contributed by atoms with van der Waals surface area (Å²) in [4.78, 5) is 80.7. The number of nitrogens with one attached hydrogen (secondary N) is 2. The molecule has 8 fully saturated rings. The molecule has 3 saturated carbocycles. The monoisotopic (exact) mass is 2150 g/mol. The summed E-state index contributed by atoms with van der Waals surface area (Å²) in [6.07, 6.45) is 29.2. The van der Waals surface area contributed by atoms with E-state index in [0.717, 1.165) is 119 Å². The number of aliphatic hydroxyl groups is 4. The van der Waals surface area contributed by atoms with E-state index in [-0.39, 0.29) is 116 Å². The number of carboxylic acids is 2. The fourth-order valence-corrected chi connectivity index (χ4v) is 18.5. The zero-order valence-corrected chi connectivity index (χ0v) is 89.6. The molecular formula is C113H162BrCl2MgN5O20S2. The maximum absolute atomic E-state index is 11.4. The van der Waals surface area contributed by atoms with E-state index in [2.05, 4.69) is 156 Å². The minimum Gasteiger partial charge on any atom is -1.00 e. The maximum Gasteiger partial charge on any atom is 2.00 e. The number of carboxylic acid groups (broad SMARTS) is 2. The standard InChI is InChI=1S/2C18H27NO.C13H13NO2.C12H13NO2.C12H17N.C12H14O4.C8H8O.C7H5BrO.C6H10O.C2H8O4S.C2H6O2.3CH4.Cl2OS.Mg.2H/c2*1-14-6-2-3-7-16(14)15-10-12-19(13-11-15)17-8-4-5-9-18(17)20;1-3-16-13(15)12(9-14)8-11-7-5-4-6-10(11)2;1-8-4-2-3-5-10(8)9-6-11(14)13-12(15)7-9;1-10-4-2-3-5-12(10)11-6-8-13-9-7-11;1-8-4-2-3-5-10(8)9(6-11(13)14)7-12(15)16;1-7-4-2-3-5-8(7)6-9;8-7-4-2-1-3-6(7)5-9;1-2-4-6-5(3-1)7-6;1-7(2,4,5)6-3;3-1-2-4;;;;1-4(2)3;;;/h2*2-3,6-7,15,17-18,20H,4-5,8-13H2,1H3;4-8H,3H2,1-2H3;2-5,9H,6-7H2,1H3,(H,13,14,15);2-5,11,13H,6-9H2,1H3;2-5,9H,6-7H2,1H3,(H,13,14)(H,15,16);2-6H,1H3;1-5H;5-6H,1-4H2;3H,1-2H3,(H,4,5);3-4H,1-2H2;3*1H4;;;;/q;;;;;;;;;;;;;;;+2;2*-1/b;;12-8+;;;;;;;;;;;;;;;/t17?,18-;;;;;;;;;;;;;;;;;/m1................./s1. The average molecular weight is 2150 g/mol. The van der Waals surface area contributed by atoms with E-state index in [1.165, 1.54) is 144 Å². The predicted molar refractivity (Wildman–Crippen MR) is 590 cm³/mol. The Morgan fingerprint density at radius 2 is 0.840 bits per heavy atom. The number of epoxide rings is 1. The van der Waals surface area contributed by atoms with E-state index in [1.807, 2.05) is 137 Å². The van der Waals surface area contributed by atoms with Gasteiger partial charge in [-0.05, 0) is 274 Å². The van der Waals surface area contributed by atoms with Crippen LogP contribution in [0.2, 0.25) is 0 Å². The number of amides is 2. The number of hydrogen-bond donors (Lipinski definition) is 10. The number of carbonyl (C=O) groups is 7. The van der Waals surface area contributed by atoms with E-state index >= 15 is 0 Å². The molecule has 31 heteroatoms. The zero-order chi connectivity index (χ0) is 103. The van der Waals surface area contributed by atoms with E-state index < -0.39 is 42.7 Å². The Bertz CT molecular complexity index is 5100. The van der Waals surface area contributed by atoms with Gasteiger partial charge in [0.1, 0.15) is 27.6 Å². The fraction of sp³-hybridized carbons (Fsp3) is 0.487. The minimum absolute atomic E-state index is 0. The van der Waals surface area contributed by atoms with Crippen molar-refractivity contribution in [2.75, 3.05) is 71.6 Å².